The van der Waals surface area contributed by atoms with Crippen LogP contribution < -0.4 is 26.0 Å². The lowest BCUT2D eigenvalue weighted by atomic mass is 10.3. The molecule has 2 aromatic carbocycles. The lowest BCUT2D eigenvalue weighted by molar-refractivity contribution is -0.122. The van der Waals surface area contributed by atoms with E-state index < -0.39 is 49.6 Å². The predicted octanol–water partition coefficient (Wildman–Crippen LogP) is 3.00. The number of benzene rings is 2. The van der Waals surface area contributed by atoms with E-state index in [9.17, 15) is 36.7 Å². The quantitative estimate of drug-likeness (QED) is 0.264. The number of sulfonamides is 1. The minimum Gasteiger partial charge on any atom is -0.507 e. The number of halogens is 4. The summed E-state index contributed by atoms with van der Waals surface area (Å²) in [5, 5.41) is 16.0. The average Bonchev–Trinajstić information content (AvgIpc) is 3.82. The Bertz CT molecular complexity index is 1750. The number of H-pyrrole nitrogens is 1. The number of nitrogens with zero attached hydrogens (tertiary/aromatic N) is 2. The van der Waals surface area contributed by atoms with Crippen LogP contribution in [0.25, 0.3) is 5.69 Å². The van der Waals surface area contributed by atoms with Crippen LogP contribution in [0.3, 0.4) is 0 Å². The number of carbonyl (C=O) groups excluding carboxylic acids is 1. The Morgan fingerprint density at radius 3 is 2.44 bits per heavy atom. The zero-order valence-electron chi connectivity index (χ0n) is 20.8. The van der Waals surface area contributed by atoms with Crippen molar-refractivity contribution in [3.63, 3.8) is 0 Å². The molecule has 2 aliphatic carbocycles. The zero-order valence-corrected chi connectivity index (χ0v) is 23.1. The van der Waals surface area contributed by atoms with E-state index in [0.717, 1.165) is 37.1 Å². The highest BCUT2D eigenvalue weighted by Gasteiger charge is 2.47. The Kier molecular flexibility index (Phi) is 7.57. The molecule has 0 saturated heterocycles. The molecule has 218 valence electrons. The van der Waals surface area contributed by atoms with E-state index in [1.807, 2.05) is 0 Å². The first-order valence-electron chi connectivity index (χ1n) is 12.1. The van der Waals surface area contributed by atoms with E-state index in [-0.39, 0.29) is 45.6 Å². The van der Waals surface area contributed by atoms with Gasteiger partial charge in [-0.2, -0.15) is 9.78 Å². The molecule has 17 heteroatoms. The number of aromatic amines is 1. The van der Waals surface area contributed by atoms with E-state index in [0.29, 0.717) is 17.5 Å². The summed E-state index contributed by atoms with van der Waals surface area (Å²) in [5.41, 5.74) is -4.70. The highest BCUT2D eigenvalue weighted by atomic mass is 35.5. The fourth-order valence-corrected chi connectivity index (χ4v) is 6.06. The molecule has 5 rings (SSSR count). The molecule has 4 N–H and O–H groups in total. The summed E-state index contributed by atoms with van der Waals surface area (Å²) in [6, 6.07) is 5.60. The van der Waals surface area contributed by atoms with Crippen LogP contribution in [-0.2, 0) is 14.8 Å². The maximum Gasteiger partial charge on any atom is 0.349 e. The van der Waals surface area contributed by atoms with Gasteiger partial charge < -0.3 is 15.2 Å². The first kappa shape index (κ1) is 29.0. The van der Waals surface area contributed by atoms with Gasteiger partial charge in [0.2, 0.25) is 15.9 Å². The second-order valence-electron chi connectivity index (χ2n) is 9.71. The second kappa shape index (κ2) is 10.7. The lowest BCUT2D eigenvalue weighted by Crippen LogP contribution is -2.46. The van der Waals surface area contributed by atoms with Gasteiger partial charge in [-0.25, -0.2) is 26.7 Å². The number of hydrogen-bond donors (Lipinski definition) is 4. The third-order valence-electron chi connectivity index (χ3n) is 6.48. The highest BCUT2D eigenvalue weighted by molar-refractivity contribution is 7.89. The van der Waals surface area contributed by atoms with Crippen molar-refractivity contribution >= 4 is 39.1 Å². The van der Waals surface area contributed by atoms with E-state index in [1.165, 1.54) is 6.07 Å². The summed E-state index contributed by atoms with van der Waals surface area (Å²) in [6.45, 7) is 0.113. The molecule has 0 bridgehead atoms. The topological polar surface area (TPSA) is 172 Å². The van der Waals surface area contributed by atoms with Gasteiger partial charge in [0.25, 0.3) is 12.0 Å². The molecule has 12 nitrogen and oxygen atoms in total. The number of ether oxygens (including phenoxy) is 1. The van der Waals surface area contributed by atoms with Gasteiger partial charge in [0.15, 0.2) is 11.4 Å². The molecule has 0 atom stereocenters. The van der Waals surface area contributed by atoms with Gasteiger partial charge in [0.05, 0.1) is 21.3 Å². The normalized spacial score (nSPS) is 16.0. The van der Waals surface area contributed by atoms with Crippen molar-refractivity contribution in [1.82, 2.24) is 24.8 Å². The van der Waals surface area contributed by atoms with Crippen molar-refractivity contribution in [3.8, 4) is 22.9 Å². The lowest BCUT2D eigenvalue weighted by Gasteiger charge is -2.19. The number of carbonyl (C=O) groups is 1. The number of hydrogen-bond acceptors (Lipinski definition) is 8. The fourth-order valence-electron chi connectivity index (χ4n) is 3.94. The van der Waals surface area contributed by atoms with Crippen molar-refractivity contribution in [1.29, 1.82) is 0 Å². The summed E-state index contributed by atoms with van der Waals surface area (Å²) in [4.78, 5) is 37.0. The van der Waals surface area contributed by atoms with Crippen molar-refractivity contribution in [3.05, 3.63) is 66.9 Å². The summed E-state index contributed by atoms with van der Waals surface area (Å²) in [5.74, 6) is -0.993. The number of nitrogens with one attached hydrogen (secondary N) is 3. The van der Waals surface area contributed by atoms with Crippen LogP contribution in [0, 0.1) is 5.92 Å². The van der Waals surface area contributed by atoms with Crippen molar-refractivity contribution in [2.24, 2.45) is 5.92 Å². The van der Waals surface area contributed by atoms with Crippen LogP contribution in [0.1, 0.15) is 37.8 Å². The molecule has 0 unspecified atom stereocenters. The molecule has 2 aliphatic rings. The van der Waals surface area contributed by atoms with Crippen LogP contribution in [0.2, 0.25) is 10.0 Å². The molecule has 2 fully saturated rings. The maximum absolute atomic E-state index is 13.2. The summed E-state index contributed by atoms with van der Waals surface area (Å²) in [6.07, 6.45) is -0.644. The average molecular weight is 632 g/mol. The Morgan fingerprint density at radius 2 is 1.85 bits per heavy atom. The van der Waals surface area contributed by atoms with E-state index in [1.54, 1.807) is 4.98 Å². The second-order valence-corrected chi connectivity index (χ2v) is 12.2. The number of aromatic hydroxyl groups is 1. The molecular weight excluding hydrogens is 611 g/mol. The molecule has 3 aromatic rings. The molecule has 1 amide bonds. The summed E-state index contributed by atoms with van der Waals surface area (Å²) < 4.78 is 61.2. The Morgan fingerprint density at radius 1 is 1.20 bits per heavy atom. The number of rotatable bonds is 10. The first-order valence-corrected chi connectivity index (χ1v) is 14.4. The Hall–Kier alpha value is -3.53. The third kappa shape index (κ3) is 6.22. The SMILES string of the molecule is O=C(NCC1(NS(=O)(=O)c2cc(Oc3c(Cl)cc(-n4nc(C(F)F)c(=O)[nH]c4=O)cc3Cl)ccc2O)CC1)C1CC1. The first-order chi connectivity index (χ1) is 19.3. The van der Waals surface area contributed by atoms with Crippen LogP contribution in [0.5, 0.6) is 17.2 Å². The van der Waals surface area contributed by atoms with Crippen molar-refractivity contribution in [2.75, 3.05) is 6.54 Å². The zero-order chi connectivity index (χ0) is 29.7. The minimum absolute atomic E-state index is 0.0305. The van der Waals surface area contributed by atoms with Gasteiger partial charge in [-0.15, -0.1) is 0 Å². The van der Waals surface area contributed by atoms with E-state index >= 15 is 0 Å². The number of phenols is 1. The number of phenolic OH excluding ortho intramolecular Hbond substituents is 1. The third-order valence-corrected chi connectivity index (χ3v) is 8.65. The predicted molar refractivity (Wildman–Crippen MR) is 142 cm³/mol. The number of amides is 1. The smallest absolute Gasteiger partial charge is 0.349 e. The van der Waals surface area contributed by atoms with Crippen LogP contribution in [0.4, 0.5) is 8.78 Å². The monoisotopic (exact) mass is 631 g/mol. The molecule has 2 saturated carbocycles. The standard InChI is InChI=1S/C24H21Cl2F2N5O7S/c25-14-7-12(33-23(37)30-22(36)18(31-33)20(27)28)8-15(26)19(14)40-13-3-4-16(34)17(9-13)41(38,39)32-24(5-6-24)10-29-21(35)11-1-2-11/h3-4,7-9,11,20,32,34H,1-2,5-6,10H2,(H,29,35)(H,30,36,37). The van der Waals surface area contributed by atoms with Crippen LogP contribution in [0.15, 0.2) is 44.8 Å². The van der Waals surface area contributed by atoms with E-state index in [2.05, 4.69) is 15.1 Å². The Labute approximate surface area is 240 Å². The van der Waals surface area contributed by atoms with Gasteiger partial charge in [0, 0.05) is 18.5 Å². The van der Waals surface area contributed by atoms with Gasteiger partial charge in [0.1, 0.15) is 16.4 Å². The maximum atomic E-state index is 13.2. The number of alkyl halides is 2. The Balaban J connectivity index is 1.38. The van der Waals surface area contributed by atoms with Gasteiger partial charge >= 0.3 is 5.69 Å². The molecule has 41 heavy (non-hydrogen) atoms. The molecule has 1 heterocycles. The fraction of sp³-hybridized carbons (Fsp3) is 0.333. The van der Waals surface area contributed by atoms with Crippen LogP contribution >= 0.6 is 23.2 Å². The summed E-state index contributed by atoms with van der Waals surface area (Å²) in [7, 11) is -4.27. The number of aromatic nitrogens is 3. The largest absolute Gasteiger partial charge is 0.507 e. The van der Waals surface area contributed by atoms with E-state index in [4.69, 9.17) is 27.9 Å². The highest BCUT2D eigenvalue weighted by Crippen LogP contribution is 2.41. The van der Waals surface area contributed by atoms with Gasteiger partial charge in [-0.05, 0) is 49.9 Å². The molecule has 0 aliphatic heterocycles. The van der Waals surface area contributed by atoms with Gasteiger partial charge in [-0.3, -0.25) is 14.6 Å². The summed E-state index contributed by atoms with van der Waals surface area (Å²) >= 11 is 12.6. The van der Waals surface area contributed by atoms with Crippen molar-refractivity contribution < 1.29 is 31.8 Å². The van der Waals surface area contributed by atoms with Crippen LogP contribution in [-0.4, -0.2) is 46.3 Å². The molecular formula is C24H21Cl2F2N5O7S. The molecule has 1 aromatic heterocycles. The molecule has 0 radical (unpaired) electrons. The van der Waals surface area contributed by atoms with Gasteiger partial charge in [-0.1, -0.05) is 23.2 Å². The molecule has 0 spiro atoms. The van der Waals surface area contributed by atoms with Crippen molar-refractivity contribution in [2.45, 2.75) is 42.5 Å². The minimum atomic E-state index is -4.27.